The van der Waals surface area contributed by atoms with Crippen LogP contribution in [0.5, 0.6) is 0 Å². The molecule has 0 fully saturated rings. The number of rotatable bonds is 3. The molecule has 20 heavy (non-hydrogen) atoms. The average molecular weight is 271 g/mol. The molecule has 1 atom stereocenters. The number of imidazole rings is 1. The van der Waals surface area contributed by atoms with E-state index in [0.717, 1.165) is 5.76 Å². The number of hydrogen-bond acceptors (Lipinski definition) is 4. The summed E-state index contributed by atoms with van der Waals surface area (Å²) in [6.45, 7) is 3.71. The van der Waals surface area contributed by atoms with Crippen molar-refractivity contribution in [2.75, 3.05) is 0 Å². The Morgan fingerprint density at radius 2 is 2.20 bits per heavy atom. The summed E-state index contributed by atoms with van der Waals surface area (Å²) in [5.41, 5.74) is 1.43. The molecule has 6 nitrogen and oxygen atoms in total. The molecule has 2 aromatic heterocycles. The lowest BCUT2D eigenvalue weighted by molar-refractivity contribution is 0.0698. The number of oxazole rings is 1. The first kappa shape index (κ1) is 12.4. The number of aromatic carboxylic acids is 1. The highest BCUT2D eigenvalue weighted by molar-refractivity contribution is 6.01. The molecule has 0 amide bonds. The van der Waals surface area contributed by atoms with Gasteiger partial charge in [0.15, 0.2) is 0 Å². The van der Waals surface area contributed by atoms with Gasteiger partial charge in [-0.25, -0.2) is 14.8 Å². The average Bonchev–Trinajstić information content (AvgIpc) is 3.03. The number of carbonyl (C=O) groups is 1. The molecule has 0 saturated heterocycles. The van der Waals surface area contributed by atoms with Gasteiger partial charge in [0.2, 0.25) is 5.89 Å². The summed E-state index contributed by atoms with van der Waals surface area (Å²) in [5.74, 6) is 0.268. The van der Waals surface area contributed by atoms with Gasteiger partial charge in [0.05, 0.1) is 29.1 Å². The van der Waals surface area contributed by atoms with Gasteiger partial charge in [0.25, 0.3) is 0 Å². The normalized spacial score (nSPS) is 12.7. The molecule has 0 aliphatic carbocycles. The number of aromatic nitrogens is 3. The highest BCUT2D eigenvalue weighted by atomic mass is 16.4. The van der Waals surface area contributed by atoms with Crippen molar-refractivity contribution in [1.29, 1.82) is 0 Å². The second kappa shape index (κ2) is 4.48. The molecule has 2 heterocycles. The second-order valence-corrected chi connectivity index (χ2v) is 4.62. The Balaban J connectivity index is 2.19. The van der Waals surface area contributed by atoms with Crippen molar-refractivity contribution in [3.8, 4) is 0 Å². The van der Waals surface area contributed by atoms with Gasteiger partial charge < -0.3 is 14.1 Å². The van der Waals surface area contributed by atoms with Crippen molar-refractivity contribution < 1.29 is 14.3 Å². The molecule has 0 spiro atoms. The Morgan fingerprint density at radius 3 is 2.85 bits per heavy atom. The SMILES string of the molecule is Cc1cnc(C(C)n2cnc3cccc(C(=O)O)c32)o1. The highest BCUT2D eigenvalue weighted by Crippen LogP contribution is 2.25. The van der Waals surface area contributed by atoms with Crippen molar-refractivity contribution in [1.82, 2.24) is 14.5 Å². The molecule has 0 aliphatic heterocycles. The van der Waals surface area contributed by atoms with Crippen molar-refractivity contribution in [3.63, 3.8) is 0 Å². The van der Waals surface area contributed by atoms with Gasteiger partial charge in [-0.2, -0.15) is 0 Å². The molecular weight excluding hydrogens is 258 g/mol. The number of fused-ring (bicyclic) bond motifs is 1. The smallest absolute Gasteiger partial charge is 0.337 e. The Morgan fingerprint density at radius 1 is 1.40 bits per heavy atom. The Bertz CT molecular complexity index is 788. The number of benzene rings is 1. The van der Waals surface area contributed by atoms with Crippen molar-refractivity contribution >= 4 is 17.0 Å². The van der Waals surface area contributed by atoms with Gasteiger partial charge in [-0.15, -0.1) is 0 Å². The first-order valence-corrected chi connectivity index (χ1v) is 6.19. The van der Waals surface area contributed by atoms with Crippen LogP contribution in [0.15, 0.2) is 35.1 Å². The molecule has 6 heteroatoms. The molecular formula is C14H13N3O3. The van der Waals surface area contributed by atoms with E-state index in [0.29, 0.717) is 16.9 Å². The van der Waals surface area contributed by atoms with E-state index in [1.54, 1.807) is 35.3 Å². The Kier molecular flexibility index (Phi) is 2.78. The summed E-state index contributed by atoms with van der Waals surface area (Å²) in [7, 11) is 0. The number of carboxylic acids is 1. The van der Waals surface area contributed by atoms with E-state index < -0.39 is 5.97 Å². The summed E-state index contributed by atoms with van der Waals surface area (Å²) < 4.78 is 7.28. The summed E-state index contributed by atoms with van der Waals surface area (Å²) in [5, 5.41) is 9.30. The molecule has 102 valence electrons. The molecule has 3 aromatic rings. The zero-order valence-electron chi connectivity index (χ0n) is 11.1. The fourth-order valence-corrected chi connectivity index (χ4v) is 2.24. The van der Waals surface area contributed by atoms with Crippen molar-refractivity contribution in [2.24, 2.45) is 0 Å². The van der Waals surface area contributed by atoms with Crippen LogP contribution < -0.4 is 0 Å². The number of carboxylic acid groups (broad SMARTS) is 1. The molecule has 0 saturated carbocycles. The lowest BCUT2D eigenvalue weighted by Gasteiger charge is -2.11. The van der Waals surface area contributed by atoms with E-state index in [-0.39, 0.29) is 11.6 Å². The molecule has 1 N–H and O–H groups in total. The van der Waals surface area contributed by atoms with Gasteiger partial charge >= 0.3 is 5.97 Å². The lowest BCUT2D eigenvalue weighted by Crippen LogP contribution is -2.09. The summed E-state index contributed by atoms with van der Waals surface area (Å²) in [6, 6.07) is 4.81. The van der Waals surface area contributed by atoms with Crippen molar-refractivity contribution in [2.45, 2.75) is 19.9 Å². The monoisotopic (exact) mass is 271 g/mol. The third kappa shape index (κ3) is 1.85. The second-order valence-electron chi connectivity index (χ2n) is 4.62. The molecule has 3 rings (SSSR count). The minimum absolute atomic E-state index is 0.218. The topological polar surface area (TPSA) is 81.2 Å². The van der Waals surface area contributed by atoms with Crippen LogP contribution in [0.1, 0.15) is 35.0 Å². The molecule has 0 aliphatic rings. The predicted molar refractivity (Wildman–Crippen MR) is 71.7 cm³/mol. The van der Waals surface area contributed by atoms with E-state index in [2.05, 4.69) is 9.97 Å². The maximum absolute atomic E-state index is 11.3. The quantitative estimate of drug-likeness (QED) is 0.792. The number of hydrogen-bond donors (Lipinski definition) is 1. The van der Waals surface area contributed by atoms with Crippen LogP contribution in [0.2, 0.25) is 0 Å². The van der Waals surface area contributed by atoms with Crippen LogP contribution in [0.4, 0.5) is 0 Å². The van der Waals surface area contributed by atoms with Crippen molar-refractivity contribution in [3.05, 3.63) is 47.9 Å². The van der Waals surface area contributed by atoms with E-state index in [9.17, 15) is 9.90 Å². The van der Waals surface area contributed by atoms with Crippen LogP contribution in [0.25, 0.3) is 11.0 Å². The van der Waals surface area contributed by atoms with Gasteiger partial charge in [-0.1, -0.05) is 6.07 Å². The van der Waals surface area contributed by atoms with Gasteiger partial charge in [0, 0.05) is 0 Å². The molecule has 1 unspecified atom stereocenters. The third-order valence-corrected chi connectivity index (χ3v) is 3.24. The third-order valence-electron chi connectivity index (χ3n) is 3.24. The van der Waals surface area contributed by atoms with Crippen LogP contribution in [-0.4, -0.2) is 25.6 Å². The Labute approximate surface area is 114 Å². The standard InChI is InChI=1S/C14H13N3O3/c1-8-6-15-13(20-8)9(2)17-7-16-11-5-3-4-10(12(11)17)14(18)19/h3-7,9H,1-2H3,(H,18,19). The van der Waals surface area contributed by atoms with Gasteiger partial charge in [-0.05, 0) is 26.0 Å². The van der Waals surface area contributed by atoms with E-state index in [4.69, 9.17) is 4.42 Å². The van der Waals surface area contributed by atoms with Crippen LogP contribution >= 0.6 is 0 Å². The summed E-state index contributed by atoms with van der Waals surface area (Å²) in [6.07, 6.45) is 3.25. The predicted octanol–water partition coefficient (Wildman–Crippen LogP) is 2.64. The maximum atomic E-state index is 11.3. The first-order valence-electron chi connectivity index (χ1n) is 6.19. The number of nitrogens with zero attached hydrogens (tertiary/aromatic N) is 3. The zero-order valence-corrected chi connectivity index (χ0v) is 11.1. The minimum Gasteiger partial charge on any atom is -0.478 e. The van der Waals surface area contributed by atoms with E-state index in [1.165, 1.54) is 0 Å². The minimum atomic E-state index is -0.979. The Hall–Kier alpha value is -2.63. The molecule has 0 radical (unpaired) electrons. The first-order chi connectivity index (χ1) is 9.58. The fourth-order valence-electron chi connectivity index (χ4n) is 2.24. The molecule has 1 aromatic carbocycles. The van der Waals surface area contributed by atoms with Crippen LogP contribution in [0, 0.1) is 6.92 Å². The fraction of sp³-hybridized carbons (Fsp3) is 0.214. The van der Waals surface area contributed by atoms with E-state index in [1.807, 2.05) is 13.8 Å². The summed E-state index contributed by atoms with van der Waals surface area (Å²) in [4.78, 5) is 19.8. The number of para-hydroxylation sites is 1. The summed E-state index contributed by atoms with van der Waals surface area (Å²) >= 11 is 0. The highest BCUT2D eigenvalue weighted by Gasteiger charge is 2.20. The zero-order chi connectivity index (χ0) is 14.3. The van der Waals surface area contributed by atoms with Gasteiger partial charge in [-0.3, -0.25) is 0 Å². The maximum Gasteiger partial charge on any atom is 0.337 e. The number of aryl methyl sites for hydroxylation is 1. The molecule has 0 bridgehead atoms. The van der Waals surface area contributed by atoms with Gasteiger partial charge in [0.1, 0.15) is 11.8 Å². The van der Waals surface area contributed by atoms with E-state index >= 15 is 0 Å². The van der Waals surface area contributed by atoms with Crippen LogP contribution in [0.3, 0.4) is 0 Å². The van der Waals surface area contributed by atoms with Crippen LogP contribution in [-0.2, 0) is 0 Å². The lowest BCUT2D eigenvalue weighted by atomic mass is 10.1. The largest absolute Gasteiger partial charge is 0.478 e.